The van der Waals surface area contributed by atoms with Crippen molar-refractivity contribution in [2.45, 2.75) is 0 Å². The first kappa shape index (κ1) is 12.3. The van der Waals surface area contributed by atoms with Gasteiger partial charge < -0.3 is 10.2 Å². The molecule has 0 unspecified atom stereocenters. The SMILES string of the molecule is Nc1cn(-c2cc(F)c(F)c(F)c2)nc1-c1ccco1. The maximum atomic E-state index is 13.2. The zero-order valence-electron chi connectivity index (χ0n) is 9.98. The number of benzene rings is 1. The zero-order valence-corrected chi connectivity index (χ0v) is 9.98. The Bertz CT molecular complexity index is 742. The molecule has 0 spiro atoms. The van der Waals surface area contributed by atoms with Gasteiger partial charge in [-0.3, -0.25) is 0 Å². The number of aromatic nitrogens is 2. The van der Waals surface area contributed by atoms with Crippen molar-refractivity contribution in [2.75, 3.05) is 5.73 Å². The zero-order chi connectivity index (χ0) is 14.3. The van der Waals surface area contributed by atoms with Crippen LogP contribution >= 0.6 is 0 Å². The van der Waals surface area contributed by atoms with Gasteiger partial charge in [-0.2, -0.15) is 5.10 Å². The summed E-state index contributed by atoms with van der Waals surface area (Å²) in [6, 6.07) is 4.97. The largest absolute Gasteiger partial charge is 0.463 e. The highest BCUT2D eigenvalue weighted by molar-refractivity contribution is 5.68. The average molecular weight is 279 g/mol. The third-order valence-corrected chi connectivity index (χ3v) is 2.73. The van der Waals surface area contributed by atoms with Crippen molar-refractivity contribution in [3.63, 3.8) is 0 Å². The van der Waals surface area contributed by atoms with E-state index in [9.17, 15) is 13.2 Å². The van der Waals surface area contributed by atoms with Gasteiger partial charge in [0.1, 0.15) is 0 Å². The fourth-order valence-corrected chi connectivity index (χ4v) is 1.80. The Morgan fingerprint density at radius 3 is 2.45 bits per heavy atom. The highest BCUT2D eigenvalue weighted by atomic mass is 19.2. The van der Waals surface area contributed by atoms with Crippen molar-refractivity contribution in [3.05, 3.63) is 54.2 Å². The van der Waals surface area contributed by atoms with Crippen LogP contribution in [0.3, 0.4) is 0 Å². The molecule has 2 N–H and O–H groups in total. The van der Waals surface area contributed by atoms with Crippen LogP contribution in [0.15, 0.2) is 41.1 Å². The number of hydrogen-bond donors (Lipinski definition) is 1. The first-order valence-corrected chi connectivity index (χ1v) is 5.60. The lowest BCUT2D eigenvalue weighted by molar-refractivity contribution is 0.446. The lowest BCUT2D eigenvalue weighted by atomic mass is 10.3. The molecule has 0 aliphatic carbocycles. The van der Waals surface area contributed by atoms with Crippen molar-refractivity contribution in [1.29, 1.82) is 0 Å². The molecule has 0 fully saturated rings. The topological polar surface area (TPSA) is 57.0 Å². The minimum Gasteiger partial charge on any atom is -0.463 e. The van der Waals surface area contributed by atoms with Gasteiger partial charge in [-0.1, -0.05) is 0 Å². The summed E-state index contributed by atoms with van der Waals surface area (Å²) in [7, 11) is 0. The molecule has 2 aromatic heterocycles. The summed E-state index contributed by atoms with van der Waals surface area (Å²) >= 11 is 0. The van der Waals surface area contributed by atoms with Gasteiger partial charge >= 0.3 is 0 Å². The predicted octanol–water partition coefficient (Wildman–Crippen LogP) is 3.13. The van der Waals surface area contributed by atoms with Gasteiger partial charge in [0.05, 0.1) is 23.8 Å². The van der Waals surface area contributed by atoms with E-state index < -0.39 is 17.5 Å². The van der Waals surface area contributed by atoms with E-state index in [1.807, 2.05) is 0 Å². The second-order valence-corrected chi connectivity index (χ2v) is 4.08. The van der Waals surface area contributed by atoms with E-state index in [0.717, 1.165) is 16.8 Å². The molecule has 0 atom stereocenters. The van der Waals surface area contributed by atoms with Crippen LogP contribution in [0, 0.1) is 17.5 Å². The van der Waals surface area contributed by atoms with Crippen LogP contribution in [0.2, 0.25) is 0 Å². The van der Waals surface area contributed by atoms with E-state index in [0.29, 0.717) is 11.5 Å². The maximum Gasteiger partial charge on any atom is 0.194 e. The van der Waals surface area contributed by atoms with E-state index in [4.69, 9.17) is 10.2 Å². The summed E-state index contributed by atoms with van der Waals surface area (Å²) in [5.41, 5.74) is 6.39. The smallest absolute Gasteiger partial charge is 0.194 e. The van der Waals surface area contributed by atoms with Crippen molar-refractivity contribution in [1.82, 2.24) is 9.78 Å². The molecule has 1 aromatic carbocycles. The van der Waals surface area contributed by atoms with Gasteiger partial charge in [0.25, 0.3) is 0 Å². The first-order valence-electron chi connectivity index (χ1n) is 5.60. The van der Waals surface area contributed by atoms with Crippen LogP contribution in [0.1, 0.15) is 0 Å². The molecule has 2 heterocycles. The molecule has 4 nitrogen and oxygen atoms in total. The van der Waals surface area contributed by atoms with E-state index >= 15 is 0 Å². The van der Waals surface area contributed by atoms with E-state index in [1.165, 1.54) is 12.5 Å². The fraction of sp³-hybridized carbons (Fsp3) is 0. The molecule has 0 saturated heterocycles. The fourth-order valence-electron chi connectivity index (χ4n) is 1.80. The van der Waals surface area contributed by atoms with Crippen LogP contribution in [0.4, 0.5) is 18.9 Å². The molecule has 102 valence electrons. The van der Waals surface area contributed by atoms with Crippen molar-refractivity contribution < 1.29 is 17.6 Å². The summed E-state index contributed by atoms with van der Waals surface area (Å²) in [5, 5.41) is 4.08. The number of hydrogen-bond acceptors (Lipinski definition) is 3. The van der Waals surface area contributed by atoms with Gasteiger partial charge in [-0.25, -0.2) is 17.9 Å². The van der Waals surface area contributed by atoms with Gasteiger partial charge in [-0.05, 0) is 12.1 Å². The number of nitrogens with zero attached hydrogens (tertiary/aromatic N) is 2. The average Bonchev–Trinajstić information content (AvgIpc) is 3.04. The molecule has 7 heteroatoms. The van der Waals surface area contributed by atoms with Crippen LogP contribution in [0.5, 0.6) is 0 Å². The predicted molar refractivity (Wildman–Crippen MR) is 65.6 cm³/mol. The number of nitrogen functional groups attached to an aromatic ring is 1. The first-order chi connectivity index (χ1) is 9.56. The summed E-state index contributed by atoms with van der Waals surface area (Å²) in [5.74, 6) is -3.70. The molecule has 0 amide bonds. The van der Waals surface area contributed by atoms with E-state index in [1.54, 1.807) is 12.1 Å². The minimum atomic E-state index is -1.53. The van der Waals surface area contributed by atoms with Crippen LogP contribution in [-0.4, -0.2) is 9.78 Å². The highest BCUT2D eigenvalue weighted by Crippen LogP contribution is 2.26. The van der Waals surface area contributed by atoms with Crippen molar-refractivity contribution in [2.24, 2.45) is 0 Å². The molecule has 3 aromatic rings. The Morgan fingerprint density at radius 1 is 1.15 bits per heavy atom. The number of furan rings is 1. The molecule has 3 rings (SSSR count). The molecule has 0 aliphatic rings. The van der Waals surface area contributed by atoms with Crippen LogP contribution < -0.4 is 5.73 Å². The second kappa shape index (κ2) is 4.44. The molecule has 0 saturated carbocycles. The minimum absolute atomic E-state index is 0.0194. The molecular formula is C13H8F3N3O. The Labute approximate surface area is 111 Å². The number of anilines is 1. The number of nitrogens with two attached hydrogens (primary N) is 1. The molecule has 0 bridgehead atoms. The van der Waals surface area contributed by atoms with Gasteiger partial charge in [0.15, 0.2) is 28.9 Å². The number of halogens is 3. The third-order valence-electron chi connectivity index (χ3n) is 2.73. The Kier molecular flexibility index (Phi) is 2.74. The summed E-state index contributed by atoms with van der Waals surface area (Å²) < 4.78 is 45.6. The Hall–Kier alpha value is -2.70. The Morgan fingerprint density at radius 2 is 1.85 bits per heavy atom. The van der Waals surface area contributed by atoms with Gasteiger partial charge in [-0.15, -0.1) is 0 Å². The standard InChI is InChI=1S/C13H8F3N3O/c14-8-4-7(5-9(15)12(8)16)19-6-10(17)13(18-19)11-2-1-3-20-11/h1-6H,17H2. The quantitative estimate of drug-likeness (QED) is 0.733. The van der Waals surface area contributed by atoms with Crippen molar-refractivity contribution in [3.8, 4) is 17.1 Å². The maximum absolute atomic E-state index is 13.2. The van der Waals surface area contributed by atoms with E-state index in [-0.39, 0.29) is 11.4 Å². The number of rotatable bonds is 2. The van der Waals surface area contributed by atoms with Gasteiger partial charge in [0.2, 0.25) is 0 Å². The van der Waals surface area contributed by atoms with Crippen molar-refractivity contribution >= 4 is 5.69 Å². The molecule has 0 radical (unpaired) electrons. The highest BCUT2D eigenvalue weighted by Gasteiger charge is 2.15. The summed E-state index contributed by atoms with van der Waals surface area (Å²) in [4.78, 5) is 0. The lowest BCUT2D eigenvalue weighted by Crippen LogP contribution is -1.99. The monoisotopic (exact) mass is 279 g/mol. The van der Waals surface area contributed by atoms with E-state index in [2.05, 4.69) is 5.10 Å². The lowest BCUT2D eigenvalue weighted by Gasteiger charge is -2.02. The van der Waals surface area contributed by atoms with Crippen LogP contribution in [-0.2, 0) is 0 Å². The molecule has 20 heavy (non-hydrogen) atoms. The van der Waals surface area contributed by atoms with Crippen LogP contribution in [0.25, 0.3) is 17.1 Å². The normalized spacial score (nSPS) is 10.9. The Balaban J connectivity index is 2.10. The third kappa shape index (κ3) is 1.93. The molecule has 0 aliphatic heterocycles. The second-order valence-electron chi connectivity index (χ2n) is 4.08. The summed E-state index contributed by atoms with van der Waals surface area (Å²) in [6.07, 6.45) is 2.81. The van der Waals surface area contributed by atoms with Gasteiger partial charge in [0, 0.05) is 12.1 Å². The summed E-state index contributed by atoms with van der Waals surface area (Å²) in [6.45, 7) is 0. The molecular weight excluding hydrogens is 271 g/mol.